The van der Waals surface area contributed by atoms with Gasteiger partial charge in [0.2, 0.25) is 0 Å². The molecule has 0 aliphatic rings. The predicted molar refractivity (Wildman–Crippen MR) is 61.9 cm³/mol. The van der Waals surface area contributed by atoms with Crippen molar-refractivity contribution in [3.8, 4) is 0 Å². The van der Waals surface area contributed by atoms with Gasteiger partial charge in [-0.05, 0) is 12.1 Å². The van der Waals surface area contributed by atoms with Gasteiger partial charge < -0.3 is 5.32 Å². The van der Waals surface area contributed by atoms with Crippen LogP contribution < -0.4 is 5.32 Å². The summed E-state index contributed by atoms with van der Waals surface area (Å²) in [6.07, 6.45) is -4.52. The lowest BCUT2D eigenvalue weighted by Gasteiger charge is -2.02. The van der Waals surface area contributed by atoms with E-state index in [1.54, 1.807) is 30.3 Å². The Kier molecular flexibility index (Phi) is 3.26. The molecule has 0 saturated heterocycles. The molecule has 0 radical (unpaired) electrons. The summed E-state index contributed by atoms with van der Waals surface area (Å²) < 4.78 is 36.9. The number of thiazole rings is 1. The highest BCUT2D eigenvalue weighted by molar-refractivity contribution is 7.19. The Morgan fingerprint density at radius 2 is 1.82 bits per heavy atom. The fraction of sp³-hybridized carbons (Fsp3) is 0.100. The van der Waals surface area contributed by atoms with E-state index in [-0.39, 0.29) is 9.47 Å². The van der Waals surface area contributed by atoms with Crippen molar-refractivity contribution in [2.75, 3.05) is 5.32 Å². The molecule has 0 atom stereocenters. The topological polar surface area (TPSA) is 24.9 Å². The molecule has 1 N–H and O–H groups in total. The molecule has 1 aromatic carbocycles. The number of anilines is 2. The van der Waals surface area contributed by atoms with Gasteiger partial charge in [0.15, 0.2) is 10.8 Å². The standard InChI is InChI=1S/C10H6ClF3N2S/c11-8-7(10(12,13)14)16-9(17-8)15-6-4-2-1-3-5-6/h1-5H,(H,15,16). The van der Waals surface area contributed by atoms with Crippen molar-refractivity contribution in [1.29, 1.82) is 0 Å². The molecule has 0 amide bonds. The summed E-state index contributed by atoms with van der Waals surface area (Å²) >= 11 is 6.25. The van der Waals surface area contributed by atoms with Gasteiger partial charge in [-0.1, -0.05) is 41.1 Å². The molecule has 2 rings (SSSR count). The molecule has 90 valence electrons. The first-order valence-corrected chi connectivity index (χ1v) is 5.72. The Morgan fingerprint density at radius 3 is 2.35 bits per heavy atom. The Hall–Kier alpha value is -1.27. The molecule has 0 aliphatic carbocycles. The van der Waals surface area contributed by atoms with Gasteiger partial charge in [0, 0.05) is 5.69 Å². The lowest BCUT2D eigenvalue weighted by atomic mass is 10.3. The number of hydrogen-bond donors (Lipinski definition) is 1. The summed E-state index contributed by atoms with van der Waals surface area (Å²) in [6, 6.07) is 8.79. The third kappa shape index (κ3) is 2.89. The van der Waals surface area contributed by atoms with E-state index in [0.717, 1.165) is 11.3 Å². The molecule has 1 heterocycles. The molecule has 1 aromatic heterocycles. The molecule has 0 fully saturated rings. The van der Waals surface area contributed by atoms with Crippen molar-refractivity contribution in [2.45, 2.75) is 6.18 Å². The molecule has 2 nitrogen and oxygen atoms in total. The van der Waals surface area contributed by atoms with Crippen LogP contribution in [-0.2, 0) is 6.18 Å². The molecule has 0 aliphatic heterocycles. The summed E-state index contributed by atoms with van der Waals surface area (Å²) in [5, 5.41) is 2.88. The first kappa shape index (κ1) is 12.2. The third-order valence-corrected chi connectivity index (χ3v) is 3.05. The van der Waals surface area contributed by atoms with Crippen LogP contribution in [0.15, 0.2) is 30.3 Å². The zero-order valence-electron chi connectivity index (χ0n) is 8.25. The first-order chi connectivity index (χ1) is 7.97. The van der Waals surface area contributed by atoms with Gasteiger partial charge in [-0.2, -0.15) is 13.2 Å². The van der Waals surface area contributed by atoms with Gasteiger partial charge in [-0.15, -0.1) is 0 Å². The van der Waals surface area contributed by atoms with Crippen LogP contribution >= 0.6 is 22.9 Å². The zero-order chi connectivity index (χ0) is 12.5. The van der Waals surface area contributed by atoms with Crippen LogP contribution in [0.4, 0.5) is 24.0 Å². The number of para-hydroxylation sites is 1. The third-order valence-electron chi connectivity index (χ3n) is 1.88. The maximum atomic E-state index is 12.4. The number of alkyl halides is 3. The number of benzene rings is 1. The van der Waals surface area contributed by atoms with E-state index in [2.05, 4.69) is 10.3 Å². The summed E-state index contributed by atoms with van der Waals surface area (Å²) in [5.41, 5.74) is -0.394. The number of rotatable bonds is 2. The average molecular weight is 279 g/mol. The Labute approximate surface area is 104 Å². The second kappa shape index (κ2) is 4.54. The van der Waals surface area contributed by atoms with E-state index in [1.807, 2.05) is 0 Å². The number of hydrogen-bond acceptors (Lipinski definition) is 3. The Bertz CT molecular complexity index is 510. The van der Waals surface area contributed by atoms with Crippen LogP contribution in [0.1, 0.15) is 5.69 Å². The maximum Gasteiger partial charge on any atom is 0.435 e. The molecular weight excluding hydrogens is 273 g/mol. The highest BCUT2D eigenvalue weighted by Gasteiger charge is 2.37. The normalized spacial score (nSPS) is 11.5. The second-order valence-electron chi connectivity index (χ2n) is 3.13. The molecule has 17 heavy (non-hydrogen) atoms. The van der Waals surface area contributed by atoms with Crippen LogP contribution in [0, 0.1) is 0 Å². The van der Waals surface area contributed by atoms with Gasteiger partial charge in [-0.25, -0.2) is 4.98 Å². The van der Waals surface area contributed by atoms with Crippen molar-refractivity contribution < 1.29 is 13.2 Å². The van der Waals surface area contributed by atoms with Crippen LogP contribution in [-0.4, -0.2) is 4.98 Å². The van der Waals surface area contributed by atoms with E-state index >= 15 is 0 Å². The zero-order valence-corrected chi connectivity index (χ0v) is 9.83. The van der Waals surface area contributed by atoms with Gasteiger partial charge >= 0.3 is 6.18 Å². The first-order valence-electron chi connectivity index (χ1n) is 4.52. The van der Waals surface area contributed by atoms with Crippen molar-refractivity contribution in [1.82, 2.24) is 4.98 Å². The molecule has 0 bridgehead atoms. The van der Waals surface area contributed by atoms with E-state index in [0.29, 0.717) is 5.69 Å². The van der Waals surface area contributed by atoms with Gasteiger partial charge in [0.05, 0.1) is 0 Å². The summed E-state index contributed by atoms with van der Waals surface area (Å²) in [6.45, 7) is 0. The van der Waals surface area contributed by atoms with Gasteiger partial charge in [-0.3, -0.25) is 0 Å². The highest BCUT2D eigenvalue weighted by Crippen LogP contribution is 2.39. The number of halogens is 4. The van der Waals surface area contributed by atoms with Crippen molar-refractivity contribution in [2.24, 2.45) is 0 Å². The van der Waals surface area contributed by atoms with Gasteiger partial charge in [0.1, 0.15) is 4.34 Å². The van der Waals surface area contributed by atoms with Crippen LogP contribution in [0.5, 0.6) is 0 Å². The minimum atomic E-state index is -4.52. The van der Waals surface area contributed by atoms with Crippen LogP contribution in [0.2, 0.25) is 4.34 Å². The smallest absolute Gasteiger partial charge is 0.332 e. The highest BCUT2D eigenvalue weighted by atomic mass is 35.5. The minimum Gasteiger partial charge on any atom is -0.332 e. The van der Waals surface area contributed by atoms with Crippen LogP contribution in [0.3, 0.4) is 0 Å². The number of nitrogens with zero attached hydrogens (tertiary/aromatic N) is 1. The average Bonchev–Trinajstić information content (AvgIpc) is 2.60. The Morgan fingerprint density at radius 1 is 1.18 bits per heavy atom. The van der Waals surface area contributed by atoms with E-state index in [9.17, 15) is 13.2 Å². The van der Waals surface area contributed by atoms with E-state index in [4.69, 9.17) is 11.6 Å². The summed E-state index contributed by atoms with van der Waals surface area (Å²) in [4.78, 5) is 3.43. The van der Waals surface area contributed by atoms with E-state index in [1.165, 1.54) is 0 Å². The molecule has 7 heteroatoms. The summed E-state index contributed by atoms with van der Waals surface area (Å²) in [7, 11) is 0. The van der Waals surface area contributed by atoms with Crippen molar-refractivity contribution in [3.63, 3.8) is 0 Å². The number of nitrogens with one attached hydrogen (secondary N) is 1. The molecule has 0 saturated carbocycles. The maximum absolute atomic E-state index is 12.4. The monoisotopic (exact) mass is 278 g/mol. The molecule has 0 unspecified atom stereocenters. The lowest BCUT2D eigenvalue weighted by Crippen LogP contribution is -2.06. The van der Waals surface area contributed by atoms with Crippen molar-refractivity contribution >= 4 is 33.8 Å². The fourth-order valence-corrected chi connectivity index (χ4v) is 2.28. The Balaban J connectivity index is 2.24. The fourth-order valence-electron chi connectivity index (χ4n) is 1.17. The molecular formula is C10H6ClF3N2S. The van der Waals surface area contributed by atoms with Crippen molar-refractivity contribution in [3.05, 3.63) is 40.4 Å². The largest absolute Gasteiger partial charge is 0.435 e. The minimum absolute atomic E-state index is 0.119. The van der Waals surface area contributed by atoms with Gasteiger partial charge in [0.25, 0.3) is 0 Å². The predicted octanol–water partition coefficient (Wildman–Crippen LogP) is 4.56. The quantitative estimate of drug-likeness (QED) is 0.871. The second-order valence-corrected chi connectivity index (χ2v) is 4.73. The van der Waals surface area contributed by atoms with Crippen LogP contribution in [0.25, 0.3) is 0 Å². The van der Waals surface area contributed by atoms with E-state index < -0.39 is 11.9 Å². The lowest BCUT2D eigenvalue weighted by molar-refractivity contribution is -0.140. The SMILES string of the molecule is FC(F)(F)c1nc(Nc2ccccc2)sc1Cl. The molecule has 0 spiro atoms. The summed E-state index contributed by atoms with van der Waals surface area (Å²) in [5.74, 6) is 0. The molecule has 2 aromatic rings. The number of aromatic nitrogens is 1.